The van der Waals surface area contributed by atoms with Gasteiger partial charge < -0.3 is 25.3 Å². The highest BCUT2D eigenvalue weighted by Crippen LogP contribution is 2.27. The highest BCUT2D eigenvalue weighted by Gasteiger charge is 2.07. The topological polar surface area (TPSA) is 99.9 Å². The standard InChI is InChI=1S/C19H22N2O5/c1-24-16-8-3-13(11-17(16)25-2)9-10-21-19(23)14-4-6-15(7-5-14)26-12-18(20)22/h3-8,11H,9-10,12H2,1-2H3,(H2,20,22)(H,21,23). The van der Waals surface area contributed by atoms with Gasteiger partial charge in [0.1, 0.15) is 5.75 Å². The first-order valence-corrected chi connectivity index (χ1v) is 8.03. The third-order valence-electron chi connectivity index (χ3n) is 3.64. The lowest BCUT2D eigenvalue weighted by Gasteiger charge is -2.10. The molecule has 0 unspecified atom stereocenters. The van der Waals surface area contributed by atoms with Gasteiger partial charge in [-0.05, 0) is 48.4 Å². The molecule has 0 aliphatic carbocycles. The van der Waals surface area contributed by atoms with Gasteiger partial charge in [0.05, 0.1) is 14.2 Å². The molecule has 2 aromatic carbocycles. The first-order valence-electron chi connectivity index (χ1n) is 8.03. The molecule has 0 spiro atoms. The zero-order chi connectivity index (χ0) is 18.9. The van der Waals surface area contributed by atoms with Gasteiger partial charge in [-0.25, -0.2) is 0 Å². The summed E-state index contributed by atoms with van der Waals surface area (Å²) in [6, 6.07) is 12.1. The smallest absolute Gasteiger partial charge is 0.255 e. The second-order valence-electron chi connectivity index (χ2n) is 5.47. The average Bonchev–Trinajstić information content (AvgIpc) is 2.66. The van der Waals surface area contributed by atoms with Crippen molar-refractivity contribution in [3.05, 3.63) is 53.6 Å². The molecular weight excluding hydrogens is 336 g/mol. The molecule has 0 atom stereocenters. The van der Waals surface area contributed by atoms with Crippen molar-refractivity contribution in [2.24, 2.45) is 5.73 Å². The Hall–Kier alpha value is -3.22. The van der Waals surface area contributed by atoms with Crippen LogP contribution in [0, 0.1) is 0 Å². The molecule has 0 bridgehead atoms. The van der Waals surface area contributed by atoms with E-state index in [1.54, 1.807) is 38.5 Å². The SMILES string of the molecule is COc1ccc(CCNC(=O)c2ccc(OCC(N)=O)cc2)cc1OC. The van der Waals surface area contributed by atoms with Crippen LogP contribution >= 0.6 is 0 Å². The van der Waals surface area contributed by atoms with Gasteiger partial charge in [0.15, 0.2) is 18.1 Å². The number of carbonyl (C=O) groups is 2. The van der Waals surface area contributed by atoms with Crippen LogP contribution in [-0.2, 0) is 11.2 Å². The highest BCUT2D eigenvalue weighted by atomic mass is 16.5. The number of rotatable bonds is 9. The number of nitrogens with two attached hydrogens (primary N) is 1. The van der Waals surface area contributed by atoms with Crippen LogP contribution in [0.25, 0.3) is 0 Å². The number of hydrogen-bond acceptors (Lipinski definition) is 5. The van der Waals surface area contributed by atoms with Crippen molar-refractivity contribution >= 4 is 11.8 Å². The van der Waals surface area contributed by atoms with Crippen molar-refractivity contribution in [1.29, 1.82) is 0 Å². The van der Waals surface area contributed by atoms with E-state index in [4.69, 9.17) is 19.9 Å². The van der Waals surface area contributed by atoms with E-state index < -0.39 is 5.91 Å². The molecule has 3 N–H and O–H groups in total. The van der Waals surface area contributed by atoms with Crippen LogP contribution in [0.15, 0.2) is 42.5 Å². The van der Waals surface area contributed by atoms with Crippen molar-refractivity contribution in [3.8, 4) is 17.2 Å². The molecule has 0 saturated heterocycles. The van der Waals surface area contributed by atoms with E-state index in [-0.39, 0.29) is 12.5 Å². The van der Waals surface area contributed by atoms with E-state index in [2.05, 4.69) is 5.32 Å². The van der Waals surface area contributed by atoms with Crippen LogP contribution in [-0.4, -0.2) is 39.2 Å². The van der Waals surface area contributed by atoms with Gasteiger partial charge in [0, 0.05) is 12.1 Å². The minimum absolute atomic E-state index is 0.188. The molecule has 0 fully saturated rings. The Balaban J connectivity index is 1.85. The lowest BCUT2D eigenvalue weighted by Crippen LogP contribution is -2.25. The first-order chi connectivity index (χ1) is 12.5. The van der Waals surface area contributed by atoms with Gasteiger partial charge >= 0.3 is 0 Å². The number of carbonyl (C=O) groups excluding carboxylic acids is 2. The summed E-state index contributed by atoms with van der Waals surface area (Å²) in [5.74, 6) is 1.06. The molecule has 7 nitrogen and oxygen atoms in total. The predicted octanol–water partition coefficient (Wildman–Crippen LogP) is 1.54. The fourth-order valence-corrected chi connectivity index (χ4v) is 2.32. The molecule has 0 aromatic heterocycles. The van der Waals surface area contributed by atoms with Crippen molar-refractivity contribution in [2.45, 2.75) is 6.42 Å². The Morgan fingerprint density at radius 3 is 2.31 bits per heavy atom. The average molecular weight is 358 g/mol. The van der Waals surface area contributed by atoms with E-state index in [9.17, 15) is 9.59 Å². The number of ether oxygens (including phenoxy) is 3. The maximum absolute atomic E-state index is 12.2. The molecule has 7 heteroatoms. The molecule has 0 radical (unpaired) electrons. The second kappa shape index (κ2) is 9.31. The summed E-state index contributed by atoms with van der Waals surface area (Å²) in [5.41, 5.74) is 6.54. The molecule has 2 aromatic rings. The van der Waals surface area contributed by atoms with Crippen LogP contribution in [0.4, 0.5) is 0 Å². The summed E-state index contributed by atoms with van der Waals surface area (Å²) in [6.07, 6.45) is 0.659. The fourth-order valence-electron chi connectivity index (χ4n) is 2.32. The summed E-state index contributed by atoms with van der Waals surface area (Å²) in [7, 11) is 3.17. The van der Waals surface area contributed by atoms with E-state index in [1.165, 1.54) is 0 Å². The minimum Gasteiger partial charge on any atom is -0.493 e. The summed E-state index contributed by atoms with van der Waals surface area (Å²) in [6.45, 7) is 0.283. The maximum atomic E-state index is 12.2. The highest BCUT2D eigenvalue weighted by molar-refractivity contribution is 5.94. The Bertz CT molecular complexity index is 759. The maximum Gasteiger partial charge on any atom is 0.255 e. The Labute approximate surface area is 152 Å². The summed E-state index contributed by atoms with van der Waals surface area (Å²) < 4.78 is 15.6. The van der Waals surface area contributed by atoms with Crippen LogP contribution in [0.2, 0.25) is 0 Å². The van der Waals surface area contributed by atoms with Gasteiger partial charge in [0.25, 0.3) is 11.8 Å². The zero-order valence-electron chi connectivity index (χ0n) is 14.8. The van der Waals surface area contributed by atoms with Crippen molar-refractivity contribution < 1.29 is 23.8 Å². The number of hydrogen-bond donors (Lipinski definition) is 2. The van der Waals surface area contributed by atoms with Crippen LogP contribution in [0.1, 0.15) is 15.9 Å². The molecule has 2 amide bonds. The van der Waals surface area contributed by atoms with E-state index >= 15 is 0 Å². The van der Waals surface area contributed by atoms with Crippen molar-refractivity contribution in [1.82, 2.24) is 5.32 Å². The lowest BCUT2D eigenvalue weighted by atomic mass is 10.1. The largest absolute Gasteiger partial charge is 0.493 e. The number of primary amides is 1. The zero-order valence-corrected chi connectivity index (χ0v) is 14.8. The number of nitrogens with one attached hydrogen (secondary N) is 1. The minimum atomic E-state index is -0.554. The van der Waals surface area contributed by atoms with Crippen molar-refractivity contribution in [2.75, 3.05) is 27.4 Å². The molecule has 138 valence electrons. The Morgan fingerprint density at radius 2 is 1.69 bits per heavy atom. The number of amides is 2. The van der Waals surface area contributed by atoms with E-state index in [0.29, 0.717) is 35.8 Å². The quantitative estimate of drug-likeness (QED) is 0.708. The molecule has 0 saturated carbocycles. The number of methoxy groups -OCH3 is 2. The first kappa shape index (κ1) is 19.1. The van der Waals surface area contributed by atoms with Gasteiger partial charge in [-0.15, -0.1) is 0 Å². The van der Waals surface area contributed by atoms with Crippen LogP contribution < -0.4 is 25.3 Å². The molecule has 2 rings (SSSR count). The van der Waals surface area contributed by atoms with E-state index in [1.807, 2.05) is 18.2 Å². The Kier molecular flexibility index (Phi) is 6.84. The third-order valence-corrected chi connectivity index (χ3v) is 3.64. The third kappa shape index (κ3) is 5.41. The van der Waals surface area contributed by atoms with E-state index in [0.717, 1.165) is 5.56 Å². The van der Waals surface area contributed by atoms with Crippen LogP contribution in [0.5, 0.6) is 17.2 Å². The second-order valence-corrected chi connectivity index (χ2v) is 5.47. The number of benzene rings is 2. The summed E-state index contributed by atoms with van der Waals surface area (Å²) in [5, 5.41) is 2.86. The molecule has 0 aliphatic rings. The summed E-state index contributed by atoms with van der Waals surface area (Å²) >= 11 is 0. The molecule has 0 aliphatic heterocycles. The van der Waals surface area contributed by atoms with Gasteiger partial charge in [0.2, 0.25) is 0 Å². The summed E-state index contributed by atoms with van der Waals surface area (Å²) in [4.78, 5) is 22.8. The normalized spacial score (nSPS) is 10.1. The van der Waals surface area contributed by atoms with Crippen LogP contribution in [0.3, 0.4) is 0 Å². The van der Waals surface area contributed by atoms with Gasteiger partial charge in [-0.1, -0.05) is 6.07 Å². The lowest BCUT2D eigenvalue weighted by molar-refractivity contribution is -0.119. The fraction of sp³-hybridized carbons (Fsp3) is 0.263. The molecular formula is C19H22N2O5. The van der Waals surface area contributed by atoms with Gasteiger partial charge in [-0.2, -0.15) is 0 Å². The Morgan fingerprint density at radius 1 is 1.00 bits per heavy atom. The van der Waals surface area contributed by atoms with Crippen molar-refractivity contribution in [3.63, 3.8) is 0 Å². The molecule has 0 heterocycles. The van der Waals surface area contributed by atoms with Gasteiger partial charge in [-0.3, -0.25) is 9.59 Å². The monoisotopic (exact) mass is 358 g/mol. The molecule has 26 heavy (non-hydrogen) atoms. The predicted molar refractivity (Wildman–Crippen MR) is 96.7 cm³/mol.